The van der Waals surface area contributed by atoms with Crippen LogP contribution in [0.4, 0.5) is 0 Å². The van der Waals surface area contributed by atoms with Crippen molar-refractivity contribution in [3.8, 4) is 6.07 Å². The van der Waals surface area contributed by atoms with Crippen LogP contribution in [0.25, 0.3) is 0 Å². The van der Waals surface area contributed by atoms with Crippen molar-refractivity contribution >= 4 is 15.9 Å². The molecule has 30 heavy (non-hydrogen) atoms. The second kappa shape index (κ2) is 9.43. The maximum absolute atomic E-state index is 13.0. The molecule has 3 rings (SSSR count). The Balaban J connectivity index is 1.65. The third-order valence-electron chi connectivity index (χ3n) is 6.25. The molecule has 2 N–H and O–H groups in total. The molecule has 0 spiro atoms. The van der Waals surface area contributed by atoms with Crippen molar-refractivity contribution in [2.24, 2.45) is 0 Å². The van der Waals surface area contributed by atoms with E-state index in [2.05, 4.69) is 16.3 Å². The van der Waals surface area contributed by atoms with Crippen LogP contribution < -0.4 is 5.32 Å². The van der Waals surface area contributed by atoms with Crippen molar-refractivity contribution in [3.05, 3.63) is 29.8 Å². The Bertz CT molecular complexity index is 877. The van der Waals surface area contributed by atoms with Crippen LogP contribution in [-0.2, 0) is 10.0 Å². The van der Waals surface area contributed by atoms with E-state index in [1.54, 1.807) is 0 Å². The molecule has 0 radical (unpaired) electrons. The van der Waals surface area contributed by atoms with Crippen LogP contribution in [-0.4, -0.2) is 73.0 Å². The number of benzene rings is 1. The monoisotopic (exact) mass is 434 g/mol. The van der Waals surface area contributed by atoms with Crippen molar-refractivity contribution in [1.82, 2.24) is 14.5 Å². The van der Waals surface area contributed by atoms with Gasteiger partial charge in [-0.2, -0.15) is 9.57 Å². The highest BCUT2D eigenvalue weighted by Gasteiger charge is 2.36. The molecule has 164 valence electrons. The minimum atomic E-state index is -3.65. The molecule has 1 unspecified atom stereocenters. The van der Waals surface area contributed by atoms with Crippen LogP contribution in [0, 0.1) is 11.3 Å². The third kappa shape index (κ3) is 4.67. The van der Waals surface area contributed by atoms with Crippen molar-refractivity contribution < 1.29 is 18.3 Å². The summed E-state index contributed by atoms with van der Waals surface area (Å²) in [5.41, 5.74) is -0.471. The number of aliphatic hydroxyl groups excluding tert-OH is 1. The Morgan fingerprint density at radius 2 is 1.80 bits per heavy atom. The molecule has 1 aliphatic carbocycles. The van der Waals surface area contributed by atoms with E-state index in [0.29, 0.717) is 44.6 Å². The number of rotatable bonds is 7. The van der Waals surface area contributed by atoms with E-state index in [1.807, 2.05) is 6.92 Å². The molecule has 8 nitrogen and oxygen atoms in total. The summed E-state index contributed by atoms with van der Waals surface area (Å²) < 4.78 is 27.4. The van der Waals surface area contributed by atoms with Gasteiger partial charge in [-0.3, -0.25) is 9.69 Å². The van der Waals surface area contributed by atoms with Gasteiger partial charge in [-0.1, -0.05) is 6.92 Å². The standard InChI is InChI=1S/C21H30N4O4S/c1-2-18(15-26)24-11-13-25(14-12-24)30(28,29)19-7-5-17(6-8-19)20(27)23-21(16-22)9-3-4-10-21/h5-8,18,26H,2-4,9-15H2,1H3,(H,23,27). The van der Waals surface area contributed by atoms with Gasteiger partial charge in [0.2, 0.25) is 10.0 Å². The zero-order valence-electron chi connectivity index (χ0n) is 17.4. The van der Waals surface area contributed by atoms with Crippen LogP contribution in [0.3, 0.4) is 0 Å². The van der Waals surface area contributed by atoms with Crippen LogP contribution >= 0.6 is 0 Å². The summed E-state index contributed by atoms with van der Waals surface area (Å²) in [4.78, 5) is 14.8. The number of amides is 1. The molecular formula is C21H30N4O4S. The molecule has 2 aliphatic rings. The van der Waals surface area contributed by atoms with Gasteiger partial charge in [-0.15, -0.1) is 0 Å². The lowest BCUT2D eigenvalue weighted by molar-refractivity contribution is 0.0880. The van der Waals surface area contributed by atoms with Crippen molar-refractivity contribution in [2.75, 3.05) is 32.8 Å². The highest BCUT2D eigenvalue weighted by atomic mass is 32.2. The van der Waals surface area contributed by atoms with Gasteiger partial charge in [-0.05, 0) is 56.4 Å². The number of piperazine rings is 1. The first-order chi connectivity index (χ1) is 14.3. The molecule has 0 bridgehead atoms. The normalized spacial score (nSPS) is 21.1. The van der Waals surface area contributed by atoms with Crippen LogP contribution in [0.1, 0.15) is 49.4 Å². The molecule has 1 saturated carbocycles. The Hall–Kier alpha value is -1.99. The first kappa shape index (κ1) is 22.7. The maximum Gasteiger partial charge on any atom is 0.252 e. The Morgan fingerprint density at radius 1 is 1.20 bits per heavy atom. The van der Waals surface area contributed by atoms with Crippen LogP contribution in [0.5, 0.6) is 0 Å². The number of nitriles is 1. The zero-order valence-corrected chi connectivity index (χ0v) is 18.2. The summed E-state index contributed by atoms with van der Waals surface area (Å²) in [5, 5.41) is 21.7. The van der Waals surface area contributed by atoms with Gasteiger partial charge in [0.15, 0.2) is 0 Å². The van der Waals surface area contributed by atoms with E-state index in [-0.39, 0.29) is 23.5 Å². The number of hydrogen-bond donors (Lipinski definition) is 2. The molecule has 1 aromatic rings. The lowest BCUT2D eigenvalue weighted by atomic mass is 9.99. The van der Waals surface area contributed by atoms with Crippen LogP contribution in [0.15, 0.2) is 29.2 Å². The number of carbonyl (C=O) groups is 1. The molecule has 1 atom stereocenters. The van der Waals surface area contributed by atoms with E-state index in [1.165, 1.54) is 28.6 Å². The van der Waals surface area contributed by atoms with E-state index in [9.17, 15) is 23.6 Å². The van der Waals surface area contributed by atoms with E-state index >= 15 is 0 Å². The van der Waals surface area contributed by atoms with Gasteiger partial charge in [0.05, 0.1) is 17.6 Å². The molecule has 1 aliphatic heterocycles. The topological polar surface area (TPSA) is 114 Å². The number of nitrogens with one attached hydrogen (secondary N) is 1. The highest BCUT2D eigenvalue weighted by molar-refractivity contribution is 7.89. The summed E-state index contributed by atoms with van der Waals surface area (Å²) in [7, 11) is -3.65. The molecule has 2 fully saturated rings. The molecule has 1 heterocycles. The molecule has 1 saturated heterocycles. The molecule has 1 amide bonds. The van der Waals surface area contributed by atoms with Crippen molar-refractivity contribution in [1.29, 1.82) is 5.26 Å². The smallest absolute Gasteiger partial charge is 0.252 e. The fourth-order valence-electron chi connectivity index (χ4n) is 4.27. The lowest BCUT2D eigenvalue weighted by Gasteiger charge is -2.37. The summed E-state index contributed by atoms with van der Waals surface area (Å²) in [6, 6.07) is 8.18. The predicted molar refractivity (Wildman–Crippen MR) is 112 cm³/mol. The summed E-state index contributed by atoms with van der Waals surface area (Å²) in [5.74, 6) is -0.356. The fourth-order valence-corrected chi connectivity index (χ4v) is 5.69. The second-order valence-electron chi connectivity index (χ2n) is 8.06. The molecular weight excluding hydrogens is 404 g/mol. The van der Waals surface area contributed by atoms with Gasteiger partial charge < -0.3 is 10.4 Å². The zero-order chi connectivity index (χ0) is 21.8. The Kier molecular flexibility index (Phi) is 7.14. The summed E-state index contributed by atoms with van der Waals surface area (Å²) in [6.45, 7) is 3.97. The Morgan fingerprint density at radius 3 is 2.30 bits per heavy atom. The number of aliphatic hydroxyl groups is 1. The summed E-state index contributed by atoms with van der Waals surface area (Å²) >= 11 is 0. The second-order valence-corrected chi connectivity index (χ2v) is 10.0. The van der Waals surface area contributed by atoms with E-state index < -0.39 is 15.6 Å². The largest absolute Gasteiger partial charge is 0.395 e. The van der Waals surface area contributed by atoms with E-state index in [0.717, 1.165) is 19.3 Å². The number of nitrogens with zero attached hydrogens (tertiary/aromatic N) is 3. The van der Waals surface area contributed by atoms with Gasteiger partial charge in [0.25, 0.3) is 5.91 Å². The van der Waals surface area contributed by atoms with Gasteiger partial charge in [0.1, 0.15) is 5.54 Å². The van der Waals surface area contributed by atoms with Gasteiger partial charge >= 0.3 is 0 Å². The average Bonchev–Trinajstić information content (AvgIpc) is 3.24. The number of sulfonamides is 1. The quantitative estimate of drug-likeness (QED) is 0.669. The van der Waals surface area contributed by atoms with Crippen molar-refractivity contribution in [3.63, 3.8) is 0 Å². The SMILES string of the molecule is CCC(CO)N1CCN(S(=O)(=O)c2ccc(C(=O)NC3(C#N)CCCC3)cc2)CC1. The van der Waals surface area contributed by atoms with Crippen LogP contribution in [0.2, 0.25) is 0 Å². The first-order valence-corrected chi connectivity index (χ1v) is 12.0. The predicted octanol–water partition coefficient (Wildman–Crippen LogP) is 1.33. The third-order valence-corrected chi connectivity index (χ3v) is 8.16. The summed E-state index contributed by atoms with van der Waals surface area (Å²) in [6.07, 6.45) is 3.93. The number of hydrogen-bond acceptors (Lipinski definition) is 6. The minimum Gasteiger partial charge on any atom is -0.395 e. The van der Waals surface area contributed by atoms with E-state index in [4.69, 9.17) is 0 Å². The van der Waals surface area contributed by atoms with Gasteiger partial charge in [-0.25, -0.2) is 8.42 Å². The average molecular weight is 435 g/mol. The maximum atomic E-state index is 13.0. The minimum absolute atomic E-state index is 0.0595. The Labute approximate surface area is 178 Å². The highest BCUT2D eigenvalue weighted by Crippen LogP contribution is 2.29. The number of carbonyl (C=O) groups excluding carboxylic acids is 1. The first-order valence-electron chi connectivity index (χ1n) is 10.5. The van der Waals surface area contributed by atoms with Crippen molar-refractivity contribution in [2.45, 2.75) is 55.5 Å². The van der Waals surface area contributed by atoms with Gasteiger partial charge in [0, 0.05) is 37.8 Å². The molecule has 0 aromatic heterocycles. The fraction of sp³-hybridized carbons (Fsp3) is 0.619. The molecule has 9 heteroatoms. The molecule has 1 aromatic carbocycles. The lowest BCUT2D eigenvalue weighted by Crippen LogP contribution is -2.52.